The minimum absolute atomic E-state index is 0.300. The van der Waals surface area contributed by atoms with Crippen LogP contribution >= 0.6 is 0 Å². The van der Waals surface area contributed by atoms with Crippen LogP contribution < -0.4 is 10.2 Å². The zero-order valence-corrected chi connectivity index (χ0v) is 9.94. The lowest BCUT2D eigenvalue weighted by Gasteiger charge is -2.20. The van der Waals surface area contributed by atoms with Crippen LogP contribution in [0.15, 0.2) is 24.3 Å². The molecule has 4 heteroatoms. The number of aromatic carboxylic acids is 2. The van der Waals surface area contributed by atoms with E-state index in [0.29, 0.717) is 16.3 Å². The van der Waals surface area contributed by atoms with Crippen LogP contribution in [0.25, 0.3) is 10.8 Å². The Labute approximate surface area is 103 Å². The predicted octanol–water partition coefficient (Wildman–Crippen LogP) is 0.184. The third kappa shape index (κ3) is 1.62. The molecule has 0 atom stereocenters. The van der Waals surface area contributed by atoms with Crippen molar-refractivity contribution < 1.29 is 19.8 Å². The first kappa shape index (κ1) is 12.1. The van der Waals surface area contributed by atoms with E-state index >= 15 is 0 Å². The SMILES string of the molecule is Cc1c(C(=O)[O-])c(C(=O)[O-])c2ccccc2c1C. The second-order valence-corrected chi connectivity index (χ2v) is 4.12. The van der Waals surface area contributed by atoms with Crippen LogP contribution in [0.1, 0.15) is 31.8 Å². The number of carbonyl (C=O) groups is 2. The lowest BCUT2D eigenvalue weighted by atomic mass is 9.90. The average Bonchev–Trinajstić information content (AvgIpc) is 2.32. The maximum Gasteiger partial charge on any atom is 0.0728 e. The molecular weight excluding hydrogens is 232 g/mol. The number of hydrogen-bond acceptors (Lipinski definition) is 4. The van der Waals surface area contributed by atoms with Gasteiger partial charge in [0, 0.05) is 11.1 Å². The van der Waals surface area contributed by atoms with E-state index in [1.165, 1.54) is 0 Å². The van der Waals surface area contributed by atoms with Crippen LogP contribution in [0.3, 0.4) is 0 Å². The summed E-state index contributed by atoms with van der Waals surface area (Å²) in [4.78, 5) is 22.3. The van der Waals surface area contributed by atoms with Gasteiger partial charge in [0.05, 0.1) is 11.9 Å². The van der Waals surface area contributed by atoms with Crippen LogP contribution in [0, 0.1) is 13.8 Å². The molecule has 0 aliphatic rings. The molecule has 0 spiro atoms. The smallest absolute Gasteiger partial charge is 0.0728 e. The van der Waals surface area contributed by atoms with Gasteiger partial charge in [0.1, 0.15) is 0 Å². The molecule has 92 valence electrons. The molecule has 2 aromatic carbocycles. The highest BCUT2D eigenvalue weighted by atomic mass is 16.4. The summed E-state index contributed by atoms with van der Waals surface area (Å²) in [5.74, 6) is -3.01. The van der Waals surface area contributed by atoms with Crippen molar-refractivity contribution >= 4 is 22.7 Å². The molecule has 0 aliphatic carbocycles. The normalized spacial score (nSPS) is 10.6. The predicted molar refractivity (Wildman–Crippen MR) is 62.1 cm³/mol. The number of rotatable bonds is 2. The molecule has 0 unspecified atom stereocenters. The molecular formula is C14H10O4-2. The molecule has 2 aromatic rings. The third-order valence-electron chi connectivity index (χ3n) is 3.20. The van der Waals surface area contributed by atoms with E-state index in [1.54, 1.807) is 38.1 Å². The van der Waals surface area contributed by atoms with Gasteiger partial charge in [-0.25, -0.2) is 0 Å². The topological polar surface area (TPSA) is 80.3 Å². The lowest BCUT2D eigenvalue weighted by molar-refractivity contribution is -0.259. The molecule has 2 rings (SSSR count). The summed E-state index contributed by atoms with van der Waals surface area (Å²) >= 11 is 0. The molecule has 4 nitrogen and oxygen atoms in total. The number of hydrogen-bond donors (Lipinski definition) is 0. The summed E-state index contributed by atoms with van der Waals surface area (Å²) in [5.41, 5.74) is 0.516. The van der Waals surface area contributed by atoms with Gasteiger partial charge in [-0.3, -0.25) is 0 Å². The quantitative estimate of drug-likeness (QED) is 0.752. The van der Waals surface area contributed by atoms with Gasteiger partial charge >= 0.3 is 0 Å². The monoisotopic (exact) mass is 242 g/mol. The Kier molecular flexibility index (Phi) is 2.79. The molecule has 0 radical (unpaired) electrons. The van der Waals surface area contributed by atoms with Gasteiger partial charge in [0.2, 0.25) is 0 Å². The highest BCUT2D eigenvalue weighted by Crippen LogP contribution is 2.29. The van der Waals surface area contributed by atoms with Gasteiger partial charge < -0.3 is 19.8 Å². The Morgan fingerprint density at radius 3 is 1.83 bits per heavy atom. The standard InChI is InChI=1S/C14H12O4/c1-7-8(2)11(13(15)16)12(14(17)18)10-6-4-3-5-9(7)10/h3-6H,1-2H3,(H,15,16)(H,17,18)/p-2. The minimum atomic E-state index is -1.51. The van der Waals surface area contributed by atoms with Gasteiger partial charge in [0.25, 0.3) is 0 Å². The van der Waals surface area contributed by atoms with Crippen molar-refractivity contribution in [3.05, 3.63) is 46.5 Å². The summed E-state index contributed by atoms with van der Waals surface area (Å²) in [6.07, 6.45) is 0. The third-order valence-corrected chi connectivity index (χ3v) is 3.20. The maximum atomic E-state index is 11.2. The lowest BCUT2D eigenvalue weighted by Crippen LogP contribution is -2.31. The molecule has 0 N–H and O–H groups in total. The highest BCUT2D eigenvalue weighted by Gasteiger charge is 2.15. The second-order valence-electron chi connectivity index (χ2n) is 4.12. The first-order valence-corrected chi connectivity index (χ1v) is 5.39. The van der Waals surface area contributed by atoms with Gasteiger partial charge in [0.15, 0.2) is 0 Å². The number of aryl methyl sites for hydroxylation is 1. The Balaban J connectivity index is 3.08. The Hall–Kier alpha value is -2.36. The summed E-state index contributed by atoms with van der Waals surface area (Å²) in [6, 6.07) is 6.75. The van der Waals surface area contributed by atoms with Crippen molar-refractivity contribution in [3.63, 3.8) is 0 Å². The molecule has 0 heterocycles. The maximum absolute atomic E-state index is 11.2. The summed E-state index contributed by atoms with van der Waals surface area (Å²) in [5, 5.41) is 23.4. The van der Waals surface area contributed by atoms with Gasteiger partial charge in [-0.05, 0) is 35.7 Å². The molecule has 0 fully saturated rings. The molecule has 0 bridgehead atoms. The van der Waals surface area contributed by atoms with Gasteiger partial charge in [-0.2, -0.15) is 0 Å². The first-order chi connectivity index (χ1) is 8.45. The molecule has 0 aliphatic heterocycles. The zero-order chi connectivity index (χ0) is 13.4. The van der Waals surface area contributed by atoms with E-state index < -0.39 is 11.9 Å². The molecule has 0 saturated heterocycles. The fourth-order valence-electron chi connectivity index (χ4n) is 2.21. The second kappa shape index (κ2) is 4.14. The largest absolute Gasteiger partial charge is 0.545 e. The van der Waals surface area contributed by atoms with E-state index in [4.69, 9.17) is 0 Å². The Morgan fingerprint density at radius 1 is 0.833 bits per heavy atom. The van der Waals surface area contributed by atoms with Crippen molar-refractivity contribution in [3.8, 4) is 0 Å². The first-order valence-electron chi connectivity index (χ1n) is 5.39. The van der Waals surface area contributed by atoms with Crippen molar-refractivity contribution in [1.29, 1.82) is 0 Å². The Morgan fingerprint density at radius 2 is 1.33 bits per heavy atom. The summed E-state index contributed by atoms with van der Waals surface area (Å²) < 4.78 is 0. The van der Waals surface area contributed by atoms with Crippen LogP contribution in [0.4, 0.5) is 0 Å². The van der Waals surface area contributed by atoms with Crippen molar-refractivity contribution in [2.45, 2.75) is 13.8 Å². The van der Waals surface area contributed by atoms with Gasteiger partial charge in [-0.15, -0.1) is 0 Å². The fraction of sp³-hybridized carbons (Fsp3) is 0.143. The number of fused-ring (bicyclic) bond motifs is 1. The zero-order valence-electron chi connectivity index (χ0n) is 9.94. The van der Waals surface area contributed by atoms with E-state index in [0.717, 1.165) is 5.56 Å². The van der Waals surface area contributed by atoms with Crippen LogP contribution in [0.2, 0.25) is 0 Å². The highest BCUT2D eigenvalue weighted by molar-refractivity contribution is 6.12. The summed E-state index contributed by atoms with van der Waals surface area (Å²) in [7, 11) is 0. The van der Waals surface area contributed by atoms with Crippen LogP contribution in [-0.2, 0) is 0 Å². The van der Waals surface area contributed by atoms with E-state index in [2.05, 4.69) is 0 Å². The van der Waals surface area contributed by atoms with Crippen LogP contribution in [-0.4, -0.2) is 11.9 Å². The van der Waals surface area contributed by atoms with Gasteiger partial charge in [-0.1, -0.05) is 24.3 Å². The summed E-state index contributed by atoms with van der Waals surface area (Å²) in [6.45, 7) is 3.32. The van der Waals surface area contributed by atoms with E-state index in [9.17, 15) is 19.8 Å². The van der Waals surface area contributed by atoms with E-state index in [-0.39, 0.29) is 11.1 Å². The number of carbonyl (C=O) groups excluding carboxylic acids is 2. The fourth-order valence-corrected chi connectivity index (χ4v) is 2.21. The number of carboxylic acid groups (broad SMARTS) is 2. The molecule has 0 aromatic heterocycles. The number of carboxylic acids is 2. The minimum Gasteiger partial charge on any atom is -0.545 e. The van der Waals surface area contributed by atoms with Crippen LogP contribution in [0.5, 0.6) is 0 Å². The van der Waals surface area contributed by atoms with Crippen molar-refractivity contribution in [1.82, 2.24) is 0 Å². The van der Waals surface area contributed by atoms with Crippen molar-refractivity contribution in [2.24, 2.45) is 0 Å². The Bertz CT molecular complexity index is 671. The molecule has 18 heavy (non-hydrogen) atoms. The molecule has 0 amide bonds. The average molecular weight is 242 g/mol. The van der Waals surface area contributed by atoms with E-state index in [1.807, 2.05) is 0 Å². The van der Waals surface area contributed by atoms with Crippen molar-refractivity contribution in [2.75, 3.05) is 0 Å². The number of benzene rings is 2. The molecule has 0 saturated carbocycles.